The van der Waals surface area contributed by atoms with E-state index in [0.717, 1.165) is 18.2 Å². The topological polar surface area (TPSA) is 69.6 Å². The first-order valence-electron chi connectivity index (χ1n) is 9.47. The van der Waals surface area contributed by atoms with Crippen LogP contribution in [0.15, 0.2) is 42.5 Å². The van der Waals surface area contributed by atoms with Gasteiger partial charge in [0.25, 0.3) is 5.91 Å². The average molecular weight is 460 g/mol. The molecular weight excluding hydrogens is 442 g/mol. The first-order chi connectivity index (χ1) is 14.8. The fourth-order valence-electron chi connectivity index (χ4n) is 3.44. The van der Waals surface area contributed by atoms with Gasteiger partial charge in [-0.3, -0.25) is 9.59 Å². The summed E-state index contributed by atoms with van der Waals surface area (Å²) in [6, 6.07) is 6.55. The van der Waals surface area contributed by atoms with Gasteiger partial charge in [-0.15, -0.1) is 0 Å². The highest BCUT2D eigenvalue weighted by atomic mass is 19.4. The van der Waals surface area contributed by atoms with Crippen LogP contribution in [0.2, 0.25) is 0 Å². The number of nitrogens with zero attached hydrogens (tertiary/aromatic N) is 1. The van der Waals surface area contributed by atoms with E-state index >= 15 is 0 Å². The molecule has 2 aromatic carbocycles. The Labute approximate surface area is 178 Å². The molecule has 172 valence electrons. The molecule has 2 aromatic rings. The third-order valence-corrected chi connectivity index (χ3v) is 5.04. The van der Waals surface area contributed by atoms with Gasteiger partial charge in [0.1, 0.15) is 5.75 Å². The number of carbonyl (C=O) groups excluding carboxylic acids is 2. The quantitative estimate of drug-likeness (QED) is 0.657. The maximum absolute atomic E-state index is 12.9. The Bertz CT molecular complexity index is 1020. The molecule has 1 aliphatic rings. The van der Waals surface area contributed by atoms with E-state index in [9.17, 15) is 41.0 Å². The van der Waals surface area contributed by atoms with Crippen molar-refractivity contribution in [2.45, 2.75) is 25.3 Å². The number of likely N-dealkylation sites (tertiary alicyclic amines) is 1. The number of halogens is 6. The Morgan fingerprint density at radius 1 is 1.03 bits per heavy atom. The number of carbonyl (C=O) groups is 2. The maximum atomic E-state index is 12.9. The third-order valence-electron chi connectivity index (χ3n) is 5.04. The highest BCUT2D eigenvalue weighted by Gasteiger charge is 2.34. The van der Waals surface area contributed by atoms with Gasteiger partial charge in [0.2, 0.25) is 5.91 Å². The first kappa shape index (κ1) is 23.4. The average Bonchev–Trinajstić information content (AvgIpc) is 3.04. The van der Waals surface area contributed by atoms with E-state index < -0.39 is 40.7 Å². The number of amides is 2. The molecule has 0 bridgehead atoms. The fraction of sp³-hybridized carbons (Fsp3) is 0.333. The van der Waals surface area contributed by atoms with Gasteiger partial charge >= 0.3 is 12.4 Å². The lowest BCUT2D eigenvalue weighted by atomic mass is 10.1. The Morgan fingerprint density at radius 2 is 1.69 bits per heavy atom. The summed E-state index contributed by atoms with van der Waals surface area (Å²) in [6.07, 6.45) is -9.18. The number of benzene rings is 2. The van der Waals surface area contributed by atoms with Crippen LogP contribution in [0, 0.1) is 5.92 Å². The molecule has 1 atom stereocenters. The van der Waals surface area contributed by atoms with E-state index in [1.807, 2.05) is 0 Å². The molecule has 0 aromatic heterocycles. The largest absolute Gasteiger partial charge is 0.507 e. The summed E-state index contributed by atoms with van der Waals surface area (Å²) in [6.45, 7) is 0.0604. The number of phenolic OH excluding ortho intramolecular Hbond substituents is 1. The van der Waals surface area contributed by atoms with E-state index in [1.165, 1.54) is 17.0 Å². The number of alkyl halides is 6. The molecule has 0 radical (unpaired) electrons. The summed E-state index contributed by atoms with van der Waals surface area (Å²) in [5, 5.41) is 12.1. The molecule has 1 aliphatic heterocycles. The van der Waals surface area contributed by atoms with Crippen molar-refractivity contribution >= 4 is 11.8 Å². The molecule has 1 heterocycles. The lowest BCUT2D eigenvalue weighted by molar-refractivity contribution is -0.138. The van der Waals surface area contributed by atoms with Crippen LogP contribution in [0.3, 0.4) is 0 Å². The standard InChI is InChI=1S/C21H18F6N2O3/c22-20(23,24)14-3-1-2-12(6-14)10-29-11-13(7-18(29)31)9-28-19(32)16-8-15(21(25,26)27)4-5-17(16)30/h1-6,8,13,30H,7,9-11H2,(H,28,32)/t13-/m1/s1. The number of rotatable bonds is 5. The first-order valence-corrected chi connectivity index (χ1v) is 9.47. The number of hydrogen-bond donors (Lipinski definition) is 2. The maximum Gasteiger partial charge on any atom is 0.416 e. The van der Waals surface area contributed by atoms with Gasteiger partial charge in [0, 0.05) is 32.0 Å². The van der Waals surface area contributed by atoms with E-state index in [0.29, 0.717) is 17.7 Å². The smallest absolute Gasteiger partial charge is 0.416 e. The zero-order chi connectivity index (χ0) is 23.7. The lowest BCUT2D eigenvalue weighted by Gasteiger charge is -2.18. The zero-order valence-corrected chi connectivity index (χ0v) is 16.4. The second-order valence-corrected chi connectivity index (χ2v) is 7.48. The van der Waals surface area contributed by atoms with Crippen molar-refractivity contribution in [3.8, 4) is 5.75 Å². The molecule has 2 N–H and O–H groups in total. The predicted molar refractivity (Wildman–Crippen MR) is 100 cm³/mol. The minimum atomic E-state index is -4.69. The SMILES string of the molecule is O=C(NC[C@H]1CC(=O)N(Cc2cccc(C(F)(F)F)c2)C1)c1cc(C(F)(F)F)ccc1O. The van der Waals surface area contributed by atoms with Gasteiger partial charge in [0.15, 0.2) is 0 Å². The third kappa shape index (κ3) is 5.51. The highest BCUT2D eigenvalue weighted by molar-refractivity contribution is 5.97. The molecule has 11 heteroatoms. The van der Waals surface area contributed by atoms with E-state index in [-0.39, 0.29) is 37.9 Å². The molecule has 1 saturated heterocycles. The molecular formula is C21H18F6N2O3. The summed E-state index contributed by atoms with van der Waals surface area (Å²) in [4.78, 5) is 25.8. The molecule has 0 aliphatic carbocycles. The van der Waals surface area contributed by atoms with E-state index in [1.54, 1.807) is 0 Å². The number of hydrogen-bond acceptors (Lipinski definition) is 3. The summed E-state index contributed by atoms with van der Waals surface area (Å²) < 4.78 is 77.1. The molecule has 0 saturated carbocycles. The Morgan fingerprint density at radius 3 is 2.34 bits per heavy atom. The summed E-state index contributed by atoms with van der Waals surface area (Å²) >= 11 is 0. The van der Waals surface area contributed by atoms with Crippen molar-refractivity contribution in [3.05, 3.63) is 64.7 Å². The van der Waals surface area contributed by atoms with Gasteiger partial charge in [-0.2, -0.15) is 26.3 Å². The van der Waals surface area contributed by atoms with Gasteiger partial charge in [-0.25, -0.2) is 0 Å². The van der Waals surface area contributed by atoms with Crippen molar-refractivity contribution in [1.29, 1.82) is 0 Å². The molecule has 0 spiro atoms. The minimum Gasteiger partial charge on any atom is -0.507 e. The van der Waals surface area contributed by atoms with Crippen LogP contribution < -0.4 is 5.32 Å². The number of aromatic hydroxyl groups is 1. The van der Waals surface area contributed by atoms with Crippen molar-refractivity contribution in [3.63, 3.8) is 0 Å². The van der Waals surface area contributed by atoms with Crippen LogP contribution >= 0.6 is 0 Å². The molecule has 2 amide bonds. The fourth-order valence-corrected chi connectivity index (χ4v) is 3.44. The van der Waals surface area contributed by atoms with Crippen LogP contribution in [0.25, 0.3) is 0 Å². The summed E-state index contributed by atoms with van der Waals surface area (Å²) in [5.41, 5.74) is -2.17. The Hall–Kier alpha value is -3.24. The molecule has 1 fully saturated rings. The second-order valence-electron chi connectivity index (χ2n) is 7.48. The second kappa shape index (κ2) is 8.71. The number of nitrogens with one attached hydrogen (secondary N) is 1. The van der Waals surface area contributed by atoms with Gasteiger partial charge in [0.05, 0.1) is 16.7 Å². The number of phenols is 1. The summed E-state index contributed by atoms with van der Waals surface area (Å²) in [5.74, 6) is -2.25. The molecule has 0 unspecified atom stereocenters. The van der Waals surface area contributed by atoms with Crippen LogP contribution in [0.1, 0.15) is 33.5 Å². The summed E-state index contributed by atoms with van der Waals surface area (Å²) in [7, 11) is 0. The normalized spacial score (nSPS) is 17.0. The Kier molecular flexibility index (Phi) is 6.38. The molecule has 5 nitrogen and oxygen atoms in total. The van der Waals surface area contributed by atoms with Crippen LogP contribution in [-0.2, 0) is 23.7 Å². The Balaban J connectivity index is 1.60. The molecule has 3 rings (SSSR count). The van der Waals surface area contributed by atoms with Gasteiger partial charge in [-0.05, 0) is 35.9 Å². The van der Waals surface area contributed by atoms with Gasteiger partial charge in [-0.1, -0.05) is 12.1 Å². The van der Waals surface area contributed by atoms with Crippen molar-refractivity contribution in [2.75, 3.05) is 13.1 Å². The van der Waals surface area contributed by atoms with Gasteiger partial charge < -0.3 is 15.3 Å². The van der Waals surface area contributed by atoms with Crippen molar-refractivity contribution < 1.29 is 41.0 Å². The minimum absolute atomic E-state index is 0.0216. The predicted octanol–water partition coefficient (Wildman–Crippen LogP) is 4.21. The monoisotopic (exact) mass is 460 g/mol. The molecule has 32 heavy (non-hydrogen) atoms. The zero-order valence-electron chi connectivity index (χ0n) is 16.4. The van der Waals surface area contributed by atoms with Crippen LogP contribution in [0.5, 0.6) is 5.75 Å². The van der Waals surface area contributed by atoms with Crippen LogP contribution in [0.4, 0.5) is 26.3 Å². The highest BCUT2D eigenvalue weighted by Crippen LogP contribution is 2.32. The van der Waals surface area contributed by atoms with E-state index in [4.69, 9.17) is 0 Å². The van der Waals surface area contributed by atoms with Crippen molar-refractivity contribution in [2.24, 2.45) is 5.92 Å². The van der Waals surface area contributed by atoms with Crippen LogP contribution in [-0.4, -0.2) is 34.9 Å². The van der Waals surface area contributed by atoms with Crippen molar-refractivity contribution in [1.82, 2.24) is 10.2 Å². The van der Waals surface area contributed by atoms with E-state index in [2.05, 4.69) is 5.32 Å². The lowest BCUT2D eigenvalue weighted by Crippen LogP contribution is -2.31.